The summed E-state index contributed by atoms with van der Waals surface area (Å²) in [6.07, 6.45) is 2.72. The molecule has 1 aliphatic rings. The van der Waals surface area contributed by atoms with Gasteiger partial charge in [-0.25, -0.2) is 4.98 Å². The summed E-state index contributed by atoms with van der Waals surface area (Å²) in [5, 5.41) is 1.18. The third-order valence-corrected chi connectivity index (χ3v) is 4.17. The van der Waals surface area contributed by atoms with E-state index in [4.69, 9.17) is 0 Å². The maximum atomic E-state index is 4.66. The lowest BCUT2D eigenvalue weighted by atomic mass is 10.2. The predicted octanol–water partition coefficient (Wildman–Crippen LogP) is 4.00. The minimum absolute atomic E-state index is 0.819. The summed E-state index contributed by atoms with van der Waals surface area (Å²) in [4.78, 5) is 6.17. The van der Waals surface area contributed by atoms with Gasteiger partial charge in [0, 0.05) is 10.4 Å². The number of thiazole rings is 1. The van der Waals surface area contributed by atoms with Crippen LogP contribution in [0.3, 0.4) is 0 Å². The summed E-state index contributed by atoms with van der Waals surface area (Å²) < 4.78 is 0. The van der Waals surface area contributed by atoms with Crippen molar-refractivity contribution in [1.82, 2.24) is 4.98 Å². The highest BCUT2D eigenvalue weighted by molar-refractivity contribution is 7.15. The smallest absolute Gasteiger partial charge is 0.123 e. The first-order chi connectivity index (χ1) is 7.34. The van der Waals surface area contributed by atoms with E-state index in [1.807, 2.05) is 17.4 Å². The highest BCUT2D eigenvalue weighted by Gasteiger charge is 2.28. The standard InChI is InChI=1S/C13H13NS/c1-9-12(10-7-8-10)15-13(14-9)11-5-3-2-4-6-11/h2-6,10H,7-8H2,1H3. The lowest BCUT2D eigenvalue weighted by Crippen LogP contribution is -1.78. The van der Waals surface area contributed by atoms with Crippen LogP contribution in [0.15, 0.2) is 30.3 Å². The predicted molar refractivity (Wildman–Crippen MR) is 64.3 cm³/mol. The summed E-state index contributed by atoms with van der Waals surface area (Å²) >= 11 is 1.87. The molecule has 76 valence electrons. The lowest BCUT2D eigenvalue weighted by Gasteiger charge is -1.92. The molecule has 1 aliphatic carbocycles. The molecule has 1 nitrogen and oxygen atoms in total. The second kappa shape index (κ2) is 3.46. The Labute approximate surface area is 93.8 Å². The molecule has 0 radical (unpaired) electrons. The molecule has 2 aromatic rings. The first-order valence-electron chi connectivity index (χ1n) is 5.37. The van der Waals surface area contributed by atoms with Gasteiger partial charge in [-0.3, -0.25) is 0 Å². The van der Waals surface area contributed by atoms with Crippen molar-refractivity contribution in [1.29, 1.82) is 0 Å². The molecule has 15 heavy (non-hydrogen) atoms. The fourth-order valence-electron chi connectivity index (χ4n) is 1.84. The summed E-state index contributed by atoms with van der Waals surface area (Å²) in [5.74, 6) is 0.819. The van der Waals surface area contributed by atoms with Crippen LogP contribution in [-0.2, 0) is 0 Å². The molecule has 0 atom stereocenters. The van der Waals surface area contributed by atoms with Crippen molar-refractivity contribution < 1.29 is 0 Å². The molecule has 1 heterocycles. The molecule has 0 bridgehead atoms. The third kappa shape index (κ3) is 1.70. The second-order valence-electron chi connectivity index (χ2n) is 4.11. The van der Waals surface area contributed by atoms with Crippen LogP contribution in [-0.4, -0.2) is 4.98 Å². The molecule has 0 spiro atoms. The van der Waals surface area contributed by atoms with Gasteiger partial charge in [0.1, 0.15) is 5.01 Å². The average Bonchev–Trinajstić information content (AvgIpc) is 3.04. The molecule has 0 saturated heterocycles. The number of nitrogens with zero attached hydrogens (tertiary/aromatic N) is 1. The third-order valence-electron chi connectivity index (χ3n) is 2.80. The summed E-state index contributed by atoms with van der Waals surface area (Å²) in [6, 6.07) is 10.5. The molecule has 3 rings (SSSR count). The van der Waals surface area contributed by atoms with Crippen LogP contribution in [0.25, 0.3) is 10.6 Å². The monoisotopic (exact) mass is 215 g/mol. The van der Waals surface area contributed by atoms with Crippen molar-refractivity contribution in [3.63, 3.8) is 0 Å². The van der Waals surface area contributed by atoms with Crippen LogP contribution in [0, 0.1) is 6.92 Å². The largest absolute Gasteiger partial charge is 0.241 e. The van der Waals surface area contributed by atoms with Gasteiger partial charge in [0.15, 0.2) is 0 Å². The molecule has 2 heteroatoms. The van der Waals surface area contributed by atoms with Crippen molar-refractivity contribution in [2.24, 2.45) is 0 Å². The Bertz CT molecular complexity index is 469. The van der Waals surface area contributed by atoms with E-state index in [0.29, 0.717) is 0 Å². The minimum atomic E-state index is 0.819. The normalized spacial score (nSPS) is 15.5. The number of hydrogen-bond donors (Lipinski definition) is 0. The Morgan fingerprint density at radius 2 is 1.93 bits per heavy atom. The Hall–Kier alpha value is -1.15. The molecule has 0 amide bonds. The summed E-state index contributed by atoms with van der Waals surface area (Å²) in [7, 11) is 0. The van der Waals surface area contributed by atoms with E-state index in [1.54, 1.807) is 0 Å². The SMILES string of the molecule is Cc1nc(-c2ccccc2)sc1C1CC1. The maximum absolute atomic E-state index is 4.66. The maximum Gasteiger partial charge on any atom is 0.123 e. The Morgan fingerprint density at radius 3 is 2.60 bits per heavy atom. The molecule has 1 aromatic carbocycles. The Balaban J connectivity index is 2.02. The molecule has 0 unspecified atom stereocenters. The van der Waals surface area contributed by atoms with Crippen LogP contribution in [0.1, 0.15) is 29.3 Å². The molecular formula is C13H13NS. The first-order valence-corrected chi connectivity index (χ1v) is 6.19. The van der Waals surface area contributed by atoms with Gasteiger partial charge in [-0.2, -0.15) is 0 Å². The number of rotatable bonds is 2. The number of hydrogen-bond acceptors (Lipinski definition) is 2. The molecular weight excluding hydrogens is 202 g/mol. The van der Waals surface area contributed by atoms with Gasteiger partial charge < -0.3 is 0 Å². The summed E-state index contributed by atoms with van der Waals surface area (Å²) in [6.45, 7) is 2.14. The van der Waals surface area contributed by atoms with E-state index >= 15 is 0 Å². The van der Waals surface area contributed by atoms with Gasteiger partial charge in [-0.1, -0.05) is 30.3 Å². The number of aryl methyl sites for hydroxylation is 1. The molecule has 1 fully saturated rings. The summed E-state index contributed by atoms with van der Waals surface area (Å²) in [5.41, 5.74) is 2.49. The topological polar surface area (TPSA) is 12.9 Å². The average molecular weight is 215 g/mol. The van der Waals surface area contributed by atoms with Crippen molar-refractivity contribution in [3.8, 4) is 10.6 Å². The van der Waals surface area contributed by atoms with Crippen LogP contribution >= 0.6 is 11.3 Å². The van der Waals surface area contributed by atoms with Gasteiger partial charge in [-0.15, -0.1) is 11.3 Å². The molecule has 0 N–H and O–H groups in total. The number of benzene rings is 1. The van der Waals surface area contributed by atoms with E-state index in [-0.39, 0.29) is 0 Å². The zero-order valence-electron chi connectivity index (χ0n) is 8.73. The van der Waals surface area contributed by atoms with Crippen molar-refractivity contribution in [2.45, 2.75) is 25.7 Å². The van der Waals surface area contributed by atoms with Gasteiger partial charge in [0.2, 0.25) is 0 Å². The van der Waals surface area contributed by atoms with Crippen LogP contribution < -0.4 is 0 Å². The Morgan fingerprint density at radius 1 is 1.20 bits per heavy atom. The highest BCUT2D eigenvalue weighted by atomic mass is 32.1. The van der Waals surface area contributed by atoms with Gasteiger partial charge in [0.05, 0.1) is 5.69 Å². The van der Waals surface area contributed by atoms with E-state index in [0.717, 1.165) is 5.92 Å². The van der Waals surface area contributed by atoms with E-state index in [2.05, 4.69) is 36.2 Å². The lowest BCUT2D eigenvalue weighted by molar-refractivity contribution is 1.11. The van der Waals surface area contributed by atoms with E-state index < -0.39 is 0 Å². The molecule has 1 aromatic heterocycles. The minimum Gasteiger partial charge on any atom is -0.241 e. The van der Waals surface area contributed by atoms with Crippen molar-refractivity contribution in [2.75, 3.05) is 0 Å². The van der Waals surface area contributed by atoms with Gasteiger partial charge in [-0.05, 0) is 25.7 Å². The second-order valence-corrected chi connectivity index (χ2v) is 5.14. The number of aromatic nitrogens is 1. The van der Waals surface area contributed by atoms with Crippen LogP contribution in [0.4, 0.5) is 0 Å². The molecule has 1 saturated carbocycles. The van der Waals surface area contributed by atoms with Crippen LogP contribution in [0.5, 0.6) is 0 Å². The zero-order valence-corrected chi connectivity index (χ0v) is 9.55. The first kappa shape index (κ1) is 9.10. The zero-order chi connectivity index (χ0) is 10.3. The van der Waals surface area contributed by atoms with E-state index in [9.17, 15) is 0 Å². The Kier molecular flexibility index (Phi) is 2.10. The molecule has 0 aliphatic heterocycles. The van der Waals surface area contributed by atoms with Gasteiger partial charge >= 0.3 is 0 Å². The van der Waals surface area contributed by atoms with E-state index in [1.165, 1.54) is 34.0 Å². The fraction of sp³-hybridized carbons (Fsp3) is 0.308. The van der Waals surface area contributed by atoms with Gasteiger partial charge in [0.25, 0.3) is 0 Å². The quantitative estimate of drug-likeness (QED) is 0.738. The van der Waals surface area contributed by atoms with Crippen molar-refractivity contribution in [3.05, 3.63) is 40.9 Å². The van der Waals surface area contributed by atoms with Crippen molar-refractivity contribution >= 4 is 11.3 Å². The fourth-order valence-corrected chi connectivity index (χ4v) is 3.08. The van der Waals surface area contributed by atoms with Crippen LogP contribution in [0.2, 0.25) is 0 Å². The highest BCUT2D eigenvalue weighted by Crippen LogP contribution is 2.45.